The first-order chi connectivity index (χ1) is 11.6. The first-order valence-electron chi connectivity index (χ1n) is 7.84. The van der Waals surface area contributed by atoms with Gasteiger partial charge in [-0.1, -0.05) is 31.5 Å². The number of para-hydroxylation sites is 1. The molecule has 1 amide bonds. The van der Waals surface area contributed by atoms with Crippen molar-refractivity contribution < 1.29 is 14.5 Å². The van der Waals surface area contributed by atoms with Crippen molar-refractivity contribution in [2.75, 3.05) is 18.1 Å². The summed E-state index contributed by atoms with van der Waals surface area (Å²) in [6, 6.07) is 15.1. The first-order valence-corrected chi connectivity index (χ1v) is 7.84. The number of nitrogens with zero attached hydrogens (tertiary/aromatic N) is 2. The van der Waals surface area contributed by atoms with Gasteiger partial charge in [0.05, 0.1) is 4.92 Å². The molecule has 6 nitrogen and oxygen atoms in total. The lowest BCUT2D eigenvalue weighted by atomic mass is 10.2. The Bertz CT molecular complexity index is 671. The van der Waals surface area contributed by atoms with Crippen molar-refractivity contribution in [3.05, 3.63) is 64.7 Å². The van der Waals surface area contributed by atoms with Crippen molar-refractivity contribution >= 4 is 17.3 Å². The molecule has 0 aliphatic carbocycles. The lowest BCUT2D eigenvalue weighted by Crippen LogP contribution is -2.35. The van der Waals surface area contributed by atoms with E-state index in [-0.39, 0.29) is 18.2 Å². The Hall–Kier alpha value is -2.89. The van der Waals surface area contributed by atoms with E-state index in [1.807, 2.05) is 30.3 Å². The van der Waals surface area contributed by atoms with Gasteiger partial charge >= 0.3 is 0 Å². The molecule has 2 aromatic carbocycles. The van der Waals surface area contributed by atoms with Gasteiger partial charge in [0.1, 0.15) is 5.75 Å². The SMILES string of the molecule is CCCCN(C(=O)COc1ccc([N+](=O)[O-])cc1)c1ccccc1. The summed E-state index contributed by atoms with van der Waals surface area (Å²) in [4.78, 5) is 24.3. The highest BCUT2D eigenvalue weighted by Crippen LogP contribution is 2.18. The van der Waals surface area contributed by atoms with Gasteiger partial charge in [-0.05, 0) is 30.7 Å². The molecule has 0 radical (unpaired) electrons. The minimum Gasteiger partial charge on any atom is -0.484 e. The van der Waals surface area contributed by atoms with Crippen molar-refractivity contribution in [3.8, 4) is 5.75 Å². The van der Waals surface area contributed by atoms with Crippen LogP contribution >= 0.6 is 0 Å². The maximum atomic E-state index is 12.5. The van der Waals surface area contributed by atoms with Gasteiger partial charge in [-0.25, -0.2) is 0 Å². The number of carbonyl (C=O) groups excluding carboxylic acids is 1. The molecule has 0 heterocycles. The molecule has 0 unspecified atom stereocenters. The Kier molecular flexibility index (Phi) is 6.31. The third kappa shape index (κ3) is 4.81. The summed E-state index contributed by atoms with van der Waals surface area (Å²) in [5.74, 6) is 0.283. The number of carbonyl (C=O) groups is 1. The van der Waals surface area contributed by atoms with Crippen LogP contribution in [0.3, 0.4) is 0 Å². The Morgan fingerprint density at radius 2 is 1.79 bits per heavy atom. The number of hydrogen-bond donors (Lipinski definition) is 0. The second kappa shape index (κ2) is 8.67. The minimum atomic E-state index is -0.475. The standard InChI is InChI=1S/C18H20N2O4/c1-2-3-13-19(15-7-5-4-6-8-15)18(21)14-24-17-11-9-16(10-12-17)20(22)23/h4-12H,2-3,13-14H2,1H3. The van der Waals surface area contributed by atoms with Crippen molar-refractivity contribution in [3.63, 3.8) is 0 Å². The number of hydrogen-bond acceptors (Lipinski definition) is 4. The van der Waals surface area contributed by atoms with Crippen LogP contribution in [0.4, 0.5) is 11.4 Å². The topological polar surface area (TPSA) is 72.7 Å². The Morgan fingerprint density at radius 3 is 2.38 bits per heavy atom. The zero-order valence-corrected chi connectivity index (χ0v) is 13.6. The van der Waals surface area contributed by atoms with Gasteiger partial charge in [0, 0.05) is 24.4 Å². The fourth-order valence-corrected chi connectivity index (χ4v) is 2.21. The molecule has 126 valence electrons. The van der Waals surface area contributed by atoms with Gasteiger partial charge in [-0.2, -0.15) is 0 Å². The zero-order valence-electron chi connectivity index (χ0n) is 13.6. The Balaban J connectivity index is 2.00. The van der Waals surface area contributed by atoms with Gasteiger partial charge < -0.3 is 9.64 Å². The number of anilines is 1. The van der Waals surface area contributed by atoms with Crippen LogP contribution in [0.15, 0.2) is 54.6 Å². The largest absolute Gasteiger partial charge is 0.484 e. The molecule has 0 saturated heterocycles. The number of rotatable bonds is 8. The molecule has 0 spiro atoms. The third-order valence-electron chi connectivity index (χ3n) is 3.51. The quantitative estimate of drug-likeness (QED) is 0.545. The van der Waals surface area contributed by atoms with Crippen LogP contribution in [-0.2, 0) is 4.79 Å². The molecule has 0 aromatic heterocycles. The van der Waals surface area contributed by atoms with E-state index in [1.165, 1.54) is 24.3 Å². The van der Waals surface area contributed by atoms with E-state index >= 15 is 0 Å². The van der Waals surface area contributed by atoms with Crippen LogP contribution in [-0.4, -0.2) is 24.0 Å². The lowest BCUT2D eigenvalue weighted by Gasteiger charge is -2.22. The van der Waals surface area contributed by atoms with Crippen molar-refractivity contribution in [2.45, 2.75) is 19.8 Å². The maximum absolute atomic E-state index is 12.5. The van der Waals surface area contributed by atoms with Crippen LogP contribution in [0.5, 0.6) is 5.75 Å². The van der Waals surface area contributed by atoms with Gasteiger partial charge in [-0.15, -0.1) is 0 Å². The Labute approximate surface area is 140 Å². The van der Waals surface area contributed by atoms with Crippen LogP contribution in [0, 0.1) is 10.1 Å². The summed E-state index contributed by atoms with van der Waals surface area (Å²) in [6.45, 7) is 2.58. The van der Waals surface area contributed by atoms with Crippen molar-refractivity contribution in [2.24, 2.45) is 0 Å². The molecule has 2 rings (SSSR count). The van der Waals surface area contributed by atoms with Gasteiger partial charge in [0.25, 0.3) is 11.6 Å². The van der Waals surface area contributed by atoms with Crippen molar-refractivity contribution in [1.29, 1.82) is 0 Å². The molecule has 24 heavy (non-hydrogen) atoms. The predicted octanol–water partition coefficient (Wildman–Crippen LogP) is 3.81. The number of benzene rings is 2. The molecule has 0 atom stereocenters. The molecule has 0 fully saturated rings. The summed E-state index contributed by atoms with van der Waals surface area (Å²) in [5, 5.41) is 10.6. The highest BCUT2D eigenvalue weighted by molar-refractivity contribution is 5.94. The molecular formula is C18H20N2O4. The second-order valence-electron chi connectivity index (χ2n) is 5.27. The number of unbranched alkanes of at least 4 members (excludes halogenated alkanes) is 1. The fraction of sp³-hybridized carbons (Fsp3) is 0.278. The van der Waals surface area contributed by atoms with Crippen LogP contribution in [0.1, 0.15) is 19.8 Å². The summed E-state index contributed by atoms with van der Waals surface area (Å²) >= 11 is 0. The second-order valence-corrected chi connectivity index (χ2v) is 5.27. The monoisotopic (exact) mass is 328 g/mol. The van der Waals surface area contributed by atoms with Gasteiger partial charge in [0.15, 0.2) is 6.61 Å². The number of nitro groups is 1. The number of ether oxygens (including phenoxy) is 1. The molecular weight excluding hydrogens is 308 g/mol. The fourth-order valence-electron chi connectivity index (χ4n) is 2.21. The van der Waals surface area contributed by atoms with Gasteiger partial charge in [-0.3, -0.25) is 14.9 Å². The smallest absolute Gasteiger partial charge is 0.269 e. The predicted molar refractivity (Wildman–Crippen MR) is 92.3 cm³/mol. The van der Waals surface area contributed by atoms with E-state index in [4.69, 9.17) is 4.74 Å². The highest BCUT2D eigenvalue weighted by atomic mass is 16.6. The molecule has 0 aliphatic rings. The lowest BCUT2D eigenvalue weighted by molar-refractivity contribution is -0.384. The van der Waals surface area contributed by atoms with E-state index in [9.17, 15) is 14.9 Å². The number of non-ortho nitro benzene ring substituents is 1. The average Bonchev–Trinajstić information content (AvgIpc) is 2.61. The molecule has 0 N–H and O–H groups in total. The normalized spacial score (nSPS) is 10.2. The maximum Gasteiger partial charge on any atom is 0.269 e. The number of nitro benzene ring substituents is 1. The van der Waals surface area contributed by atoms with E-state index in [1.54, 1.807) is 4.90 Å². The highest BCUT2D eigenvalue weighted by Gasteiger charge is 2.16. The van der Waals surface area contributed by atoms with Gasteiger partial charge in [0.2, 0.25) is 0 Å². The number of amides is 1. The first kappa shape index (κ1) is 17.5. The van der Waals surface area contributed by atoms with Crippen LogP contribution in [0.2, 0.25) is 0 Å². The Morgan fingerprint density at radius 1 is 1.12 bits per heavy atom. The average molecular weight is 328 g/mol. The van der Waals surface area contributed by atoms with Crippen LogP contribution in [0.25, 0.3) is 0 Å². The summed E-state index contributed by atoms with van der Waals surface area (Å²) in [6.07, 6.45) is 1.89. The summed E-state index contributed by atoms with van der Waals surface area (Å²) < 4.78 is 5.47. The summed E-state index contributed by atoms with van der Waals surface area (Å²) in [5.41, 5.74) is 0.825. The van der Waals surface area contributed by atoms with Crippen molar-refractivity contribution in [1.82, 2.24) is 0 Å². The van der Waals surface area contributed by atoms with E-state index in [0.29, 0.717) is 12.3 Å². The molecule has 0 aliphatic heterocycles. The molecule has 0 saturated carbocycles. The minimum absolute atomic E-state index is 0.0115. The van der Waals surface area contributed by atoms with E-state index < -0.39 is 4.92 Å². The molecule has 6 heteroatoms. The molecule has 0 bridgehead atoms. The third-order valence-corrected chi connectivity index (χ3v) is 3.51. The van der Waals surface area contributed by atoms with Crippen LogP contribution < -0.4 is 9.64 Å². The zero-order chi connectivity index (χ0) is 17.4. The summed E-state index contributed by atoms with van der Waals surface area (Å²) in [7, 11) is 0. The van der Waals surface area contributed by atoms with E-state index in [0.717, 1.165) is 18.5 Å². The van der Waals surface area contributed by atoms with E-state index in [2.05, 4.69) is 6.92 Å². The molecule has 2 aromatic rings.